The van der Waals surface area contributed by atoms with Crippen molar-refractivity contribution in [3.63, 3.8) is 0 Å². The van der Waals surface area contributed by atoms with E-state index in [0.717, 1.165) is 12.1 Å². The Kier molecular flexibility index (Phi) is 3.73. The lowest BCUT2D eigenvalue weighted by Crippen LogP contribution is -2.12. The smallest absolute Gasteiger partial charge is 0.276 e. The molecule has 0 fully saturated rings. The zero-order valence-electron chi connectivity index (χ0n) is 12.5. The van der Waals surface area contributed by atoms with Crippen LogP contribution in [-0.4, -0.2) is 35.2 Å². The number of nitrogens with zero attached hydrogens (tertiary/aromatic N) is 6. The molecule has 8 heteroatoms. The second-order valence-corrected chi connectivity index (χ2v) is 4.96. The maximum absolute atomic E-state index is 12.0. The van der Waals surface area contributed by atoms with Crippen LogP contribution in [-0.2, 0) is 20.1 Å². The topological polar surface area (TPSA) is 82.6 Å². The van der Waals surface area contributed by atoms with Crippen LogP contribution in [0.5, 0.6) is 0 Å². The highest BCUT2D eigenvalue weighted by molar-refractivity contribution is 6.02. The van der Waals surface area contributed by atoms with Gasteiger partial charge in [-0.15, -0.1) is 0 Å². The maximum Gasteiger partial charge on any atom is 0.276 e. The molecular formula is C14H17N7O. The van der Waals surface area contributed by atoms with Crippen molar-refractivity contribution in [2.75, 3.05) is 5.32 Å². The van der Waals surface area contributed by atoms with Crippen LogP contribution >= 0.6 is 0 Å². The van der Waals surface area contributed by atoms with E-state index in [1.54, 1.807) is 41.1 Å². The fourth-order valence-corrected chi connectivity index (χ4v) is 2.09. The molecule has 3 rings (SSSR count). The molecular weight excluding hydrogens is 282 g/mol. The van der Waals surface area contributed by atoms with Gasteiger partial charge < -0.3 is 5.32 Å². The number of hydrogen-bond donors (Lipinski definition) is 1. The van der Waals surface area contributed by atoms with Crippen LogP contribution in [0.2, 0.25) is 0 Å². The number of nitrogens with one attached hydrogen (secondary N) is 1. The predicted octanol–water partition coefficient (Wildman–Crippen LogP) is 1.13. The largest absolute Gasteiger partial charge is 0.318 e. The van der Waals surface area contributed by atoms with Crippen LogP contribution in [0.25, 0.3) is 0 Å². The van der Waals surface area contributed by atoms with E-state index >= 15 is 0 Å². The summed E-state index contributed by atoms with van der Waals surface area (Å²) in [5, 5.41) is 15.3. The van der Waals surface area contributed by atoms with Crippen LogP contribution in [0.4, 0.5) is 5.69 Å². The lowest BCUT2D eigenvalue weighted by molar-refractivity contribution is 0.102. The van der Waals surface area contributed by atoms with Crippen LogP contribution in [0, 0.1) is 0 Å². The van der Waals surface area contributed by atoms with Gasteiger partial charge in [0, 0.05) is 37.7 Å². The Balaban J connectivity index is 1.64. The molecule has 3 aromatic rings. The molecule has 114 valence electrons. The molecule has 0 aromatic carbocycles. The zero-order valence-corrected chi connectivity index (χ0v) is 12.5. The van der Waals surface area contributed by atoms with Crippen molar-refractivity contribution in [1.29, 1.82) is 0 Å². The summed E-state index contributed by atoms with van der Waals surface area (Å²) < 4.78 is 5.21. The lowest BCUT2D eigenvalue weighted by atomic mass is 10.3. The molecule has 0 aliphatic heterocycles. The van der Waals surface area contributed by atoms with E-state index in [1.165, 1.54) is 0 Å². The summed E-state index contributed by atoms with van der Waals surface area (Å²) in [6.07, 6.45) is 8.92. The third-order valence-corrected chi connectivity index (χ3v) is 3.19. The number of carbonyl (C=O) groups excluding carboxylic acids is 1. The quantitative estimate of drug-likeness (QED) is 0.765. The number of aromatic nitrogens is 6. The lowest BCUT2D eigenvalue weighted by Gasteiger charge is -1.99. The SMILES string of the molecule is CCn1cc(Cn2cc(NC(=O)c3ccn(C)n3)cn2)cn1. The van der Waals surface area contributed by atoms with E-state index in [0.29, 0.717) is 17.9 Å². The van der Waals surface area contributed by atoms with Crippen molar-refractivity contribution in [2.45, 2.75) is 20.0 Å². The van der Waals surface area contributed by atoms with E-state index in [2.05, 4.69) is 20.6 Å². The first-order valence-corrected chi connectivity index (χ1v) is 6.99. The highest BCUT2D eigenvalue weighted by atomic mass is 16.2. The average Bonchev–Trinajstić information content (AvgIpc) is 3.21. The summed E-state index contributed by atoms with van der Waals surface area (Å²) in [5.74, 6) is -0.251. The number of amides is 1. The van der Waals surface area contributed by atoms with Gasteiger partial charge in [0.05, 0.1) is 24.6 Å². The third-order valence-electron chi connectivity index (χ3n) is 3.19. The van der Waals surface area contributed by atoms with Crippen molar-refractivity contribution in [1.82, 2.24) is 29.3 Å². The highest BCUT2D eigenvalue weighted by Crippen LogP contribution is 2.09. The number of carbonyl (C=O) groups is 1. The second-order valence-electron chi connectivity index (χ2n) is 4.96. The molecule has 0 bridgehead atoms. The van der Waals surface area contributed by atoms with E-state index in [4.69, 9.17) is 0 Å². The fraction of sp³-hybridized carbons (Fsp3) is 0.286. The van der Waals surface area contributed by atoms with Crippen LogP contribution in [0.15, 0.2) is 37.1 Å². The molecule has 0 aliphatic rings. The van der Waals surface area contributed by atoms with Gasteiger partial charge in [-0.05, 0) is 13.0 Å². The van der Waals surface area contributed by atoms with E-state index in [9.17, 15) is 4.79 Å². The summed E-state index contributed by atoms with van der Waals surface area (Å²) in [6.45, 7) is 3.49. The van der Waals surface area contributed by atoms with Crippen LogP contribution < -0.4 is 5.32 Å². The molecule has 22 heavy (non-hydrogen) atoms. The predicted molar refractivity (Wildman–Crippen MR) is 80.4 cm³/mol. The summed E-state index contributed by atoms with van der Waals surface area (Å²) in [4.78, 5) is 12.0. The fourth-order valence-electron chi connectivity index (χ4n) is 2.09. The molecule has 0 unspecified atom stereocenters. The number of anilines is 1. The van der Waals surface area contributed by atoms with Gasteiger partial charge >= 0.3 is 0 Å². The van der Waals surface area contributed by atoms with Gasteiger partial charge in [0.2, 0.25) is 0 Å². The minimum atomic E-state index is -0.251. The Bertz CT molecular complexity index is 783. The van der Waals surface area contributed by atoms with Crippen molar-refractivity contribution in [3.8, 4) is 0 Å². The first-order chi connectivity index (χ1) is 10.6. The van der Waals surface area contributed by atoms with Crippen LogP contribution in [0.3, 0.4) is 0 Å². The minimum Gasteiger partial charge on any atom is -0.318 e. The molecule has 3 heterocycles. The Morgan fingerprint density at radius 1 is 1.23 bits per heavy atom. The van der Waals surface area contributed by atoms with Crippen molar-refractivity contribution in [2.24, 2.45) is 7.05 Å². The van der Waals surface area contributed by atoms with Gasteiger partial charge in [-0.25, -0.2) is 0 Å². The summed E-state index contributed by atoms with van der Waals surface area (Å²) in [7, 11) is 1.77. The maximum atomic E-state index is 12.0. The zero-order chi connectivity index (χ0) is 15.5. The van der Waals surface area contributed by atoms with Gasteiger partial charge in [-0.1, -0.05) is 0 Å². The first-order valence-electron chi connectivity index (χ1n) is 6.99. The summed E-state index contributed by atoms with van der Waals surface area (Å²) in [5.41, 5.74) is 2.07. The van der Waals surface area contributed by atoms with Crippen molar-refractivity contribution < 1.29 is 4.79 Å². The van der Waals surface area contributed by atoms with Crippen molar-refractivity contribution >= 4 is 11.6 Å². The molecule has 0 radical (unpaired) electrons. The van der Waals surface area contributed by atoms with Gasteiger partial charge in [0.25, 0.3) is 5.91 Å². The number of aryl methyl sites for hydroxylation is 2. The molecule has 0 saturated heterocycles. The molecule has 3 aromatic heterocycles. The number of hydrogen-bond acceptors (Lipinski definition) is 4. The summed E-state index contributed by atoms with van der Waals surface area (Å²) in [6, 6.07) is 1.67. The minimum absolute atomic E-state index is 0.251. The average molecular weight is 299 g/mol. The molecule has 0 aliphatic carbocycles. The van der Waals surface area contributed by atoms with E-state index in [-0.39, 0.29) is 5.91 Å². The second kappa shape index (κ2) is 5.84. The Hall–Kier alpha value is -2.90. The van der Waals surface area contributed by atoms with Gasteiger partial charge in [0.15, 0.2) is 5.69 Å². The highest BCUT2D eigenvalue weighted by Gasteiger charge is 2.10. The standard InChI is InChI=1S/C14H17N7O/c1-3-20-8-11(6-15-20)9-21-10-12(7-16-21)17-14(22)13-4-5-19(2)18-13/h4-8,10H,3,9H2,1-2H3,(H,17,22). The third kappa shape index (κ3) is 3.05. The normalized spacial score (nSPS) is 10.8. The molecule has 0 atom stereocenters. The first kappa shape index (κ1) is 14.1. The van der Waals surface area contributed by atoms with Gasteiger partial charge in [0.1, 0.15) is 0 Å². The Morgan fingerprint density at radius 3 is 2.73 bits per heavy atom. The number of rotatable bonds is 5. The van der Waals surface area contributed by atoms with E-state index < -0.39 is 0 Å². The van der Waals surface area contributed by atoms with Crippen LogP contribution in [0.1, 0.15) is 23.0 Å². The summed E-state index contributed by atoms with van der Waals surface area (Å²) >= 11 is 0. The Morgan fingerprint density at radius 2 is 2.05 bits per heavy atom. The molecule has 0 spiro atoms. The van der Waals surface area contributed by atoms with E-state index in [1.807, 2.05) is 24.0 Å². The van der Waals surface area contributed by atoms with Crippen molar-refractivity contribution in [3.05, 3.63) is 48.3 Å². The van der Waals surface area contributed by atoms with Gasteiger partial charge in [-0.2, -0.15) is 15.3 Å². The molecule has 1 N–H and O–H groups in total. The molecule has 1 amide bonds. The van der Waals surface area contributed by atoms with Gasteiger partial charge in [-0.3, -0.25) is 18.8 Å². The molecule has 0 saturated carbocycles. The monoisotopic (exact) mass is 299 g/mol. The molecule has 8 nitrogen and oxygen atoms in total. The Labute approximate surface area is 127 Å².